The number of nitrogens with one attached hydrogen (secondary N) is 1. The molecule has 0 amide bonds. The van der Waals surface area contributed by atoms with Crippen LogP contribution in [0.15, 0.2) is 23.0 Å². The molecule has 0 aliphatic carbocycles. The molecule has 2 aromatic rings. The second kappa shape index (κ2) is 4.33. The van der Waals surface area contributed by atoms with E-state index in [0.717, 1.165) is 22.8 Å². The highest BCUT2D eigenvalue weighted by Gasteiger charge is 2.17. The standard InChI is InChI=1S/C13H17BrN2O/c1-13(2,8-14)7-9-4-5-10-11(6-9)16(3)12(17)15-10/h4-6H,7-8H2,1-3H3,(H,15,17). The predicted octanol–water partition coefficient (Wildman–Crippen LogP) is 2.83. The monoisotopic (exact) mass is 296 g/mol. The Morgan fingerprint density at radius 1 is 1.41 bits per heavy atom. The second-order valence-electron chi connectivity index (χ2n) is 5.32. The van der Waals surface area contributed by atoms with E-state index in [0.29, 0.717) is 0 Å². The van der Waals surface area contributed by atoms with Crippen molar-refractivity contribution in [2.24, 2.45) is 12.5 Å². The van der Waals surface area contributed by atoms with Gasteiger partial charge in [0.2, 0.25) is 0 Å². The molecule has 1 aromatic heterocycles. The van der Waals surface area contributed by atoms with Crippen molar-refractivity contribution in [1.82, 2.24) is 9.55 Å². The number of alkyl halides is 1. The van der Waals surface area contributed by atoms with Gasteiger partial charge in [-0.15, -0.1) is 0 Å². The molecule has 1 aromatic carbocycles. The van der Waals surface area contributed by atoms with E-state index >= 15 is 0 Å². The van der Waals surface area contributed by atoms with E-state index in [1.54, 1.807) is 11.6 Å². The molecule has 17 heavy (non-hydrogen) atoms. The molecule has 0 atom stereocenters. The molecule has 3 nitrogen and oxygen atoms in total. The molecular formula is C13H17BrN2O. The largest absolute Gasteiger partial charge is 0.326 e. The highest BCUT2D eigenvalue weighted by atomic mass is 79.9. The summed E-state index contributed by atoms with van der Waals surface area (Å²) in [5, 5.41) is 0.962. The van der Waals surface area contributed by atoms with Gasteiger partial charge >= 0.3 is 5.69 Å². The molecule has 0 saturated heterocycles. The molecule has 2 rings (SSSR count). The number of rotatable bonds is 3. The first-order chi connectivity index (χ1) is 7.93. The maximum absolute atomic E-state index is 11.5. The zero-order chi connectivity index (χ0) is 12.6. The second-order valence-corrected chi connectivity index (χ2v) is 5.88. The molecule has 0 saturated carbocycles. The average molecular weight is 297 g/mol. The normalized spacial score (nSPS) is 12.2. The number of H-pyrrole nitrogens is 1. The Kier molecular flexibility index (Phi) is 3.17. The van der Waals surface area contributed by atoms with Crippen LogP contribution in [0.3, 0.4) is 0 Å². The lowest BCUT2D eigenvalue weighted by Crippen LogP contribution is -2.16. The number of aromatic amines is 1. The van der Waals surface area contributed by atoms with Crippen LogP contribution >= 0.6 is 15.9 Å². The SMILES string of the molecule is Cn1c(=O)[nH]c2ccc(CC(C)(C)CBr)cc21. The molecule has 0 fully saturated rings. The van der Waals surface area contributed by atoms with E-state index in [-0.39, 0.29) is 11.1 Å². The van der Waals surface area contributed by atoms with Crippen molar-refractivity contribution in [3.63, 3.8) is 0 Å². The molecule has 0 unspecified atom stereocenters. The van der Waals surface area contributed by atoms with Gasteiger partial charge in [0, 0.05) is 12.4 Å². The zero-order valence-electron chi connectivity index (χ0n) is 10.4. The van der Waals surface area contributed by atoms with Gasteiger partial charge in [-0.05, 0) is 29.5 Å². The first kappa shape index (κ1) is 12.4. The smallest absolute Gasteiger partial charge is 0.306 e. The van der Waals surface area contributed by atoms with Gasteiger partial charge in [-0.1, -0.05) is 35.8 Å². The van der Waals surface area contributed by atoms with E-state index in [9.17, 15) is 4.79 Å². The van der Waals surface area contributed by atoms with E-state index in [2.05, 4.69) is 46.9 Å². The van der Waals surface area contributed by atoms with Gasteiger partial charge in [0.15, 0.2) is 0 Å². The van der Waals surface area contributed by atoms with Crippen LogP contribution in [-0.2, 0) is 13.5 Å². The summed E-state index contributed by atoms with van der Waals surface area (Å²) in [5.41, 5.74) is 3.30. The van der Waals surface area contributed by atoms with Crippen LogP contribution in [0.1, 0.15) is 19.4 Å². The van der Waals surface area contributed by atoms with Crippen LogP contribution in [0.4, 0.5) is 0 Å². The van der Waals surface area contributed by atoms with Gasteiger partial charge < -0.3 is 4.98 Å². The molecule has 0 radical (unpaired) electrons. The Hall–Kier alpha value is -1.03. The summed E-state index contributed by atoms with van der Waals surface area (Å²) in [6.45, 7) is 4.45. The Balaban J connectivity index is 2.44. The van der Waals surface area contributed by atoms with E-state index in [1.807, 2.05) is 6.07 Å². The summed E-state index contributed by atoms with van der Waals surface area (Å²) < 4.78 is 1.65. The van der Waals surface area contributed by atoms with Crippen LogP contribution in [0, 0.1) is 5.41 Å². The van der Waals surface area contributed by atoms with Gasteiger partial charge in [-0.25, -0.2) is 4.79 Å². The van der Waals surface area contributed by atoms with Crippen LogP contribution in [-0.4, -0.2) is 14.9 Å². The van der Waals surface area contributed by atoms with Crippen LogP contribution in [0.2, 0.25) is 0 Å². The fourth-order valence-corrected chi connectivity index (χ4v) is 2.18. The minimum Gasteiger partial charge on any atom is -0.306 e. The summed E-state index contributed by atoms with van der Waals surface area (Å²) in [5.74, 6) is 0. The van der Waals surface area contributed by atoms with Gasteiger partial charge in [-0.3, -0.25) is 4.57 Å². The van der Waals surface area contributed by atoms with Crippen molar-refractivity contribution >= 4 is 27.0 Å². The van der Waals surface area contributed by atoms with Crippen molar-refractivity contribution in [1.29, 1.82) is 0 Å². The molecule has 0 bridgehead atoms. The highest BCUT2D eigenvalue weighted by Crippen LogP contribution is 2.25. The number of hydrogen-bond acceptors (Lipinski definition) is 1. The lowest BCUT2D eigenvalue weighted by atomic mass is 9.88. The lowest BCUT2D eigenvalue weighted by Gasteiger charge is -2.21. The molecule has 1 heterocycles. The number of aromatic nitrogens is 2. The summed E-state index contributed by atoms with van der Waals surface area (Å²) in [6.07, 6.45) is 0.994. The van der Waals surface area contributed by atoms with Crippen molar-refractivity contribution in [3.8, 4) is 0 Å². The number of fused-ring (bicyclic) bond motifs is 1. The minimum atomic E-state index is -0.0584. The summed E-state index contributed by atoms with van der Waals surface area (Å²) in [6, 6.07) is 6.16. The first-order valence-electron chi connectivity index (χ1n) is 5.66. The van der Waals surface area contributed by atoms with Crippen LogP contribution in [0.25, 0.3) is 11.0 Å². The summed E-state index contributed by atoms with van der Waals surface area (Å²) in [7, 11) is 1.79. The molecule has 0 aliphatic rings. The lowest BCUT2D eigenvalue weighted by molar-refractivity contribution is 0.425. The maximum atomic E-state index is 11.5. The Bertz CT molecular complexity index is 595. The third kappa shape index (κ3) is 2.46. The third-order valence-corrected chi connectivity index (χ3v) is 4.53. The first-order valence-corrected chi connectivity index (χ1v) is 6.79. The molecular weight excluding hydrogens is 280 g/mol. The number of halogens is 1. The van der Waals surface area contributed by atoms with E-state index in [1.165, 1.54) is 5.56 Å². The van der Waals surface area contributed by atoms with Crippen LogP contribution < -0.4 is 5.69 Å². The van der Waals surface area contributed by atoms with Crippen molar-refractivity contribution in [2.75, 3.05) is 5.33 Å². The quantitative estimate of drug-likeness (QED) is 0.869. The van der Waals surface area contributed by atoms with Crippen molar-refractivity contribution in [3.05, 3.63) is 34.2 Å². The Morgan fingerprint density at radius 3 is 2.76 bits per heavy atom. The number of hydrogen-bond donors (Lipinski definition) is 1. The Labute approximate surface area is 109 Å². The van der Waals surface area contributed by atoms with Gasteiger partial charge in [-0.2, -0.15) is 0 Å². The zero-order valence-corrected chi connectivity index (χ0v) is 12.0. The molecule has 0 aliphatic heterocycles. The highest BCUT2D eigenvalue weighted by molar-refractivity contribution is 9.09. The number of benzene rings is 1. The maximum Gasteiger partial charge on any atom is 0.326 e. The van der Waals surface area contributed by atoms with Gasteiger partial charge in [0.1, 0.15) is 0 Å². The number of aryl methyl sites for hydroxylation is 1. The molecule has 1 N–H and O–H groups in total. The fourth-order valence-electron chi connectivity index (χ4n) is 1.98. The molecule has 0 spiro atoms. The average Bonchev–Trinajstić information content (AvgIpc) is 2.55. The number of nitrogens with zero attached hydrogens (tertiary/aromatic N) is 1. The molecule has 4 heteroatoms. The number of imidazole rings is 1. The van der Waals surface area contributed by atoms with E-state index in [4.69, 9.17) is 0 Å². The summed E-state index contributed by atoms with van der Waals surface area (Å²) in [4.78, 5) is 14.3. The predicted molar refractivity (Wildman–Crippen MR) is 74.8 cm³/mol. The Morgan fingerprint density at radius 2 is 2.12 bits per heavy atom. The van der Waals surface area contributed by atoms with Gasteiger partial charge in [0.25, 0.3) is 0 Å². The fraction of sp³-hybridized carbons (Fsp3) is 0.462. The summed E-state index contributed by atoms with van der Waals surface area (Å²) >= 11 is 3.54. The minimum absolute atomic E-state index is 0.0584. The third-order valence-electron chi connectivity index (χ3n) is 3.01. The van der Waals surface area contributed by atoms with Gasteiger partial charge in [0.05, 0.1) is 11.0 Å². The van der Waals surface area contributed by atoms with Crippen LogP contribution in [0.5, 0.6) is 0 Å². The topological polar surface area (TPSA) is 37.8 Å². The van der Waals surface area contributed by atoms with Crippen molar-refractivity contribution in [2.45, 2.75) is 20.3 Å². The van der Waals surface area contributed by atoms with Crippen molar-refractivity contribution < 1.29 is 0 Å². The molecule has 92 valence electrons. The van der Waals surface area contributed by atoms with E-state index < -0.39 is 0 Å².